The van der Waals surface area contributed by atoms with Crippen molar-refractivity contribution < 1.29 is 19.8 Å². The third-order valence-corrected chi connectivity index (χ3v) is 2.98. The SMILES string of the molecule is O=C(O)Cc1ccccc1NC(=O)C(O)c1ccccc1. The third kappa shape index (κ3) is 3.90. The van der Waals surface area contributed by atoms with Gasteiger partial charge in [-0.05, 0) is 17.2 Å². The average Bonchev–Trinajstić information content (AvgIpc) is 2.49. The van der Waals surface area contributed by atoms with Crippen LogP contribution in [0, 0.1) is 0 Å². The molecular weight excluding hydrogens is 270 g/mol. The molecule has 0 aliphatic rings. The molecule has 2 rings (SSSR count). The first kappa shape index (κ1) is 14.7. The standard InChI is InChI=1S/C16H15NO4/c18-14(19)10-12-8-4-5-9-13(12)17-16(21)15(20)11-6-2-1-3-7-11/h1-9,15,20H,10H2,(H,17,21)(H,18,19). The van der Waals surface area contributed by atoms with Crippen molar-refractivity contribution in [2.75, 3.05) is 5.32 Å². The normalized spacial score (nSPS) is 11.7. The van der Waals surface area contributed by atoms with Crippen LogP contribution >= 0.6 is 0 Å². The van der Waals surface area contributed by atoms with E-state index in [9.17, 15) is 14.7 Å². The first-order chi connectivity index (χ1) is 10.1. The number of carbonyl (C=O) groups excluding carboxylic acids is 1. The van der Waals surface area contributed by atoms with Crippen molar-refractivity contribution >= 4 is 17.6 Å². The van der Waals surface area contributed by atoms with Gasteiger partial charge in [-0.2, -0.15) is 0 Å². The highest BCUT2D eigenvalue weighted by atomic mass is 16.4. The van der Waals surface area contributed by atoms with Gasteiger partial charge >= 0.3 is 5.97 Å². The molecule has 1 atom stereocenters. The summed E-state index contributed by atoms with van der Waals surface area (Å²) >= 11 is 0. The number of amides is 1. The van der Waals surface area contributed by atoms with Gasteiger partial charge < -0.3 is 15.5 Å². The second-order valence-corrected chi connectivity index (χ2v) is 4.53. The number of anilines is 1. The van der Waals surface area contributed by atoms with Crippen molar-refractivity contribution in [1.82, 2.24) is 0 Å². The molecule has 0 aromatic heterocycles. The quantitative estimate of drug-likeness (QED) is 0.784. The molecule has 0 heterocycles. The van der Waals surface area contributed by atoms with Crippen LogP contribution in [-0.2, 0) is 16.0 Å². The number of aliphatic carboxylic acids is 1. The maximum Gasteiger partial charge on any atom is 0.307 e. The second kappa shape index (κ2) is 6.67. The van der Waals surface area contributed by atoms with Gasteiger partial charge in [-0.25, -0.2) is 0 Å². The number of rotatable bonds is 5. The molecule has 0 bridgehead atoms. The smallest absolute Gasteiger partial charge is 0.307 e. The van der Waals surface area contributed by atoms with Gasteiger partial charge in [0.15, 0.2) is 6.10 Å². The number of nitrogens with one attached hydrogen (secondary N) is 1. The average molecular weight is 285 g/mol. The molecule has 21 heavy (non-hydrogen) atoms. The summed E-state index contributed by atoms with van der Waals surface area (Å²) in [7, 11) is 0. The summed E-state index contributed by atoms with van der Waals surface area (Å²) in [5, 5.41) is 21.4. The Hall–Kier alpha value is -2.66. The summed E-state index contributed by atoms with van der Waals surface area (Å²) in [5.74, 6) is -1.58. The molecule has 5 heteroatoms. The fraction of sp³-hybridized carbons (Fsp3) is 0.125. The lowest BCUT2D eigenvalue weighted by Gasteiger charge is -2.14. The molecule has 1 unspecified atom stereocenters. The van der Waals surface area contributed by atoms with E-state index in [2.05, 4.69) is 5.32 Å². The molecule has 3 N–H and O–H groups in total. The van der Waals surface area contributed by atoms with E-state index in [0.717, 1.165) is 0 Å². The number of carbonyl (C=O) groups is 2. The lowest BCUT2D eigenvalue weighted by molar-refractivity contribution is -0.136. The first-order valence-electron chi connectivity index (χ1n) is 6.41. The topological polar surface area (TPSA) is 86.6 Å². The van der Waals surface area contributed by atoms with Crippen LogP contribution in [-0.4, -0.2) is 22.1 Å². The number of carboxylic acid groups (broad SMARTS) is 1. The monoisotopic (exact) mass is 285 g/mol. The van der Waals surface area contributed by atoms with Crippen molar-refractivity contribution in [3.05, 3.63) is 65.7 Å². The van der Waals surface area contributed by atoms with E-state index < -0.39 is 18.0 Å². The van der Waals surface area contributed by atoms with Crippen molar-refractivity contribution in [1.29, 1.82) is 0 Å². The van der Waals surface area contributed by atoms with Crippen LogP contribution in [0.5, 0.6) is 0 Å². The van der Waals surface area contributed by atoms with Crippen LogP contribution in [0.3, 0.4) is 0 Å². The van der Waals surface area contributed by atoms with Crippen LogP contribution < -0.4 is 5.32 Å². The van der Waals surface area contributed by atoms with E-state index in [-0.39, 0.29) is 6.42 Å². The van der Waals surface area contributed by atoms with E-state index in [4.69, 9.17) is 5.11 Å². The number of para-hydroxylation sites is 1. The maximum atomic E-state index is 12.0. The number of aliphatic hydroxyl groups is 1. The Bertz CT molecular complexity index is 640. The summed E-state index contributed by atoms with van der Waals surface area (Å²) in [6.45, 7) is 0. The molecule has 0 aliphatic heterocycles. The van der Waals surface area contributed by atoms with Crippen LogP contribution in [0.15, 0.2) is 54.6 Å². The van der Waals surface area contributed by atoms with Crippen LogP contribution in [0.1, 0.15) is 17.2 Å². The molecule has 0 aliphatic carbocycles. The highest BCUT2D eigenvalue weighted by Crippen LogP contribution is 2.19. The predicted octanol–water partition coefficient (Wildman–Crippen LogP) is 1.99. The zero-order chi connectivity index (χ0) is 15.2. The van der Waals surface area contributed by atoms with Gasteiger partial charge in [-0.1, -0.05) is 48.5 Å². The van der Waals surface area contributed by atoms with Crippen LogP contribution in [0.4, 0.5) is 5.69 Å². The molecule has 2 aromatic rings. The molecule has 0 fully saturated rings. The fourth-order valence-corrected chi connectivity index (χ4v) is 1.95. The van der Waals surface area contributed by atoms with Gasteiger partial charge in [0.05, 0.1) is 6.42 Å². The third-order valence-electron chi connectivity index (χ3n) is 2.98. The Balaban J connectivity index is 2.14. The lowest BCUT2D eigenvalue weighted by Crippen LogP contribution is -2.21. The molecule has 2 aromatic carbocycles. The molecular formula is C16H15NO4. The molecule has 0 spiro atoms. The van der Waals surface area contributed by atoms with E-state index in [1.165, 1.54) is 0 Å². The number of hydrogen-bond donors (Lipinski definition) is 3. The number of aliphatic hydroxyl groups excluding tert-OH is 1. The number of carboxylic acids is 1. The number of benzene rings is 2. The Kier molecular flexibility index (Phi) is 4.68. The van der Waals surface area contributed by atoms with Crippen LogP contribution in [0.25, 0.3) is 0 Å². The summed E-state index contributed by atoms with van der Waals surface area (Å²) in [6.07, 6.45) is -1.50. The predicted molar refractivity (Wildman–Crippen MR) is 77.8 cm³/mol. The zero-order valence-electron chi connectivity index (χ0n) is 11.2. The van der Waals surface area contributed by atoms with Gasteiger partial charge in [-0.3, -0.25) is 9.59 Å². The molecule has 0 saturated heterocycles. The Morgan fingerprint density at radius 3 is 2.29 bits per heavy atom. The van der Waals surface area contributed by atoms with Crippen molar-refractivity contribution in [3.8, 4) is 0 Å². The second-order valence-electron chi connectivity index (χ2n) is 4.53. The van der Waals surface area contributed by atoms with Crippen molar-refractivity contribution in [2.24, 2.45) is 0 Å². The molecule has 0 saturated carbocycles. The highest BCUT2D eigenvalue weighted by Gasteiger charge is 2.18. The van der Waals surface area contributed by atoms with Crippen molar-refractivity contribution in [3.63, 3.8) is 0 Å². The minimum atomic E-state index is -1.30. The van der Waals surface area contributed by atoms with Crippen molar-refractivity contribution in [2.45, 2.75) is 12.5 Å². The van der Waals surface area contributed by atoms with E-state index in [1.807, 2.05) is 0 Å². The van der Waals surface area contributed by atoms with Gasteiger partial charge in [0.2, 0.25) is 0 Å². The van der Waals surface area contributed by atoms with E-state index in [0.29, 0.717) is 16.8 Å². The lowest BCUT2D eigenvalue weighted by atomic mass is 10.1. The molecule has 108 valence electrons. The zero-order valence-corrected chi connectivity index (χ0v) is 11.2. The largest absolute Gasteiger partial charge is 0.481 e. The first-order valence-corrected chi connectivity index (χ1v) is 6.41. The van der Waals surface area contributed by atoms with Crippen LogP contribution in [0.2, 0.25) is 0 Å². The van der Waals surface area contributed by atoms with E-state index in [1.54, 1.807) is 54.6 Å². The minimum absolute atomic E-state index is 0.197. The number of hydrogen-bond acceptors (Lipinski definition) is 3. The Morgan fingerprint density at radius 1 is 1.00 bits per heavy atom. The molecule has 5 nitrogen and oxygen atoms in total. The summed E-state index contributed by atoms with van der Waals surface area (Å²) in [6, 6.07) is 15.1. The van der Waals surface area contributed by atoms with Gasteiger partial charge in [-0.15, -0.1) is 0 Å². The minimum Gasteiger partial charge on any atom is -0.481 e. The van der Waals surface area contributed by atoms with Gasteiger partial charge in [0.1, 0.15) is 0 Å². The fourth-order valence-electron chi connectivity index (χ4n) is 1.95. The van der Waals surface area contributed by atoms with Gasteiger partial charge in [0, 0.05) is 5.69 Å². The summed E-state index contributed by atoms with van der Waals surface area (Å²) in [4.78, 5) is 22.8. The Morgan fingerprint density at radius 2 is 1.62 bits per heavy atom. The molecule has 1 amide bonds. The molecule has 0 radical (unpaired) electrons. The summed E-state index contributed by atoms with van der Waals surface area (Å²) < 4.78 is 0. The van der Waals surface area contributed by atoms with E-state index >= 15 is 0 Å². The summed E-state index contributed by atoms with van der Waals surface area (Å²) in [5.41, 5.74) is 1.35. The Labute approximate surface area is 121 Å². The highest BCUT2D eigenvalue weighted by molar-refractivity contribution is 5.95. The maximum absolute atomic E-state index is 12.0. The van der Waals surface area contributed by atoms with Gasteiger partial charge in [0.25, 0.3) is 5.91 Å².